The fourth-order valence-corrected chi connectivity index (χ4v) is 8.04. The average molecular weight is 797 g/mol. The highest BCUT2D eigenvalue weighted by atomic mass is 32.1. The van der Waals surface area contributed by atoms with Gasteiger partial charge in [-0.2, -0.15) is 79.0 Å². The highest BCUT2D eigenvalue weighted by Gasteiger charge is 2.83. The maximum atomic E-state index is 14.7. The van der Waals surface area contributed by atoms with Crippen molar-refractivity contribution in [2.45, 2.75) is 100 Å². The molecule has 0 aliphatic rings. The summed E-state index contributed by atoms with van der Waals surface area (Å²) in [6, 6.07) is 0.487. The zero-order valence-electron chi connectivity index (χ0n) is 24.6. The molecule has 3 rings (SSSR count). The van der Waals surface area contributed by atoms with E-state index in [1.54, 1.807) is 13.8 Å². The quantitative estimate of drug-likeness (QED) is 0.143. The van der Waals surface area contributed by atoms with Gasteiger partial charge in [0.1, 0.15) is 0 Å². The summed E-state index contributed by atoms with van der Waals surface area (Å²) in [5.74, 6) is -40.4. The van der Waals surface area contributed by atoms with Crippen molar-refractivity contribution in [2.24, 2.45) is 0 Å². The maximum Gasteiger partial charge on any atom is 0.460 e. The normalized spacial score (nSPS) is 14.6. The van der Waals surface area contributed by atoms with E-state index in [2.05, 4.69) is 0 Å². The molecule has 0 spiro atoms. The minimum absolute atomic E-state index is 0.0526. The lowest BCUT2D eigenvalue weighted by molar-refractivity contribution is -0.399. The summed E-state index contributed by atoms with van der Waals surface area (Å²) in [6.45, 7) is 3.41. The summed E-state index contributed by atoms with van der Waals surface area (Å²) in [4.78, 5) is -0.829. The molecule has 0 fully saturated rings. The second-order valence-electron chi connectivity index (χ2n) is 10.8. The van der Waals surface area contributed by atoms with Crippen molar-refractivity contribution < 1.29 is 79.0 Å². The fraction of sp³-hybridized carbons (Fsp3) is 0.571. The van der Waals surface area contributed by atoms with Gasteiger partial charge >= 0.3 is 47.9 Å². The Balaban J connectivity index is 2.22. The predicted octanol–water partition coefficient (Wildman–Crippen LogP) is 13.7. The van der Waals surface area contributed by atoms with Crippen molar-refractivity contribution >= 4 is 34.0 Å². The molecule has 3 aromatic rings. The number of alkyl halides is 18. The minimum Gasteiger partial charge on any atom is -0.194 e. The Morgan fingerprint density at radius 1 is 0.469 bits per heavy atom. The van der Waals surface area contributed by atoms with Crippen LogP contribution < -0.4 is 0 Å². The summed E-state index contributed by atoms with van der Waals surface area (Å²) in [5, 5.41) is 0.439. The third kappa shape index (κ3) is 6.80. The van der Waals surface area contributed by atoms with Gasteiger partial charge in [-0.3, -0.25) is 0 Å². The third-order valence-electron chi connectivity index (χ3n) is 7.34. The number of hydrogen-bond donors (Lipinski definition) is 0. The number of unbranched alkanes of at least 4 members (excludes halogenated alkanes) is 2. The molecule has 0 nitrogen and oxygen atoms in total. The molecule has 21 heteroatoms. The van der Waals surface area contributed by atoms with E-state index >= 15 is 0 Å². The van der Waals surface area contributed by atoms with Gasteiger partial charge in [-0.15, -0.1) is 34.0 Å². The van der Waals surface area contributed by atoms with E-state index in [9.17, 15) is 79.0 Å². The van der Waals surface area contributed by atoms with Crippen LogP contribution >= 0.6 is 34.0 Å². The molecule has 0 aromatic carbocycles. The van der Waals surface area contributed by atoms with Crippen LogP contribution in [0.2, 0.25) is 0 Å². The summed E-state index contributed by atoms with van der Waals surface area (Å²) in [7, 11) is 0. The minimum atomic E-state index is -7.17. The highest BCUT2D eigenvalue weighted by molar-refractivity contribution is 7.26. The smallest absolute Gasteiger partial charge is 0.194 e. The highest BCUT2D eigenvalue weighted by Crippen LogP contribution is 2.60. The molecular weight excluding hydrogens is 774 g/mol. The monoisotopic (exact) mass is 796 g/mol. The van der Waals surface area contributed by atoms with E-state index in [4.69, 9.17) is 0 Å². The molecular formula is C28H22F18S3. The first kappa shape index (κ1) is 41.3. The summed E-state index contributed by atoms with van der Waals surface area (Å²) < 4.78 is 245. The van der Waals surface area contributed by atoms with Crippen molar-refractivity contribution in [3.63, 3.8) is 0 Å². The van der Waals surface area contributed by atoms with Gasteiger partial charge in [-0.25, -0.2) is 0 Å². The van der Waals surface area contributed by atoms with Gasteiger partial charge in [0.25, 0.3) is 0 Å². The van der Waals surface area contributed by atoms with Crippen LogP contribution in [0.5, 0.6) is 0 Å². The average Bonchev–Trinajstić information content (AvgIpc) is 3.72. The van der Waals surface area contributed by atoms with Crippen molar-refractivity contribution in [1.82, 2.24) is 0 Å². The lowest BCUT2D eigenvalue weighted by Gasteiger charge is -2.33. The molecule has 0 N–H and O–H groups in total. The summed E-state index contributed by atoms with van der Waals surface area (Å²) in [5.41, 5.74) is -3.29. The first-order valence-electron chi connectivity index (χ1n) is 13.8. The molecule has 0 saturated carbocycles. The van der Waals surface area contributed by atoms with Gasteiger partial charge < -0.3 is 0 Å². The van der Waals surface area contributed by atoms with Gasteiger partial charge in [0.15, 0.2) is 0 Å². The molecule has 0 atom stereocenters. The summed E-state index contributed by atoms with van der Waals surface area (Å²) in [6.07, 6.45) is -12.3. The van der Waals surface area contributed by atoms with Crippen molar-refractivity contribution in [2.75, 3.05) is 0 Å². The predicted molar refractivity (Wildman–Crippen MR) is 148 cm³/mol. The van der Waals surface area contributed by atoms with E-state index in [0.717, 1.165) is 0 Å². The van der Waals surface area contributed by atoms with E-state index in [1.807, 2.05) is 0 Å². The van der Waals surface area contributed by atoms with Gasteiger partial charge in [-0.1, -0.05) is 26.7 Å². The number of rotatable bonds is 14. The Hall–Kier alpha value is -2.16. The summed E-state index contributed by atoms with van der Waals surface area (Å²) >= 11 is 1.05. The first-order valence-corrected chi connectivity index (χ1v) is 16.4. The number of thiophene rings is 3. The number of halogens is 18. The van der Waals surface area contributed by atoms with Crippen molar-refractivity contribution in [3.8, 4) is 19.5 Å². The van der Waals surface area contributed by atoms with Crippen LogP contribution in [0.4, 0.5) is 79.0 Å². The van der Waals surface area contributed by atoms with Crippen molar-refractivity contribution in [1.29, 1.82) is 0 Å². The van der Waals surface area contributed by atoms with Crippen LogP contribution in [0.1, 0.15) is 61.8 Å². The largest absolute Gasteiger partial charge is 0.460 e. The van der Waals surface area contributed by atoms with Crippen LogP contribution in [0.25, 0.3) is 19.5 Å². The maximum absolute atomic E-state index is 14.7. The van der Waals surface area contributed by atoms with E-state index in [1.165, 1.54) is 0 Å². The van der Waals surface area contributed by atoms with Crippen LogP contribution in [0.15, 0.2) is 22.9 Å². The second kappa shape index (κ2) is 13.4. The third-order valence-corrected chi connectivity index (χ3v) is 10.8. The molecule has 0 saturated heterocycles. The molecule has 0 aliphatic heterocycles. The molecule has 3 heterocycles. The molecule has 0 amide bonds. The molecule has 278 valence electrons. The zero-order chi connectivity index (χ0) is 37.8. The molecule has 0 bridgehead atoms. The molecule has 0 unspecified atom stereocenters. The molecule has 3 aromatic heterocycles. The Bertz CT molecular complexity index is 1470. The van der Waals surface area contributed by atoms with Crippen LogP contribution in [-0.2, 0) is 24.7 Å². The SMILES string of the molecule is CCCCc1c(-c2cc(C(F)(F)C(F)(F)C(F)(F)C(F)(F)F)cs2)sc(-c2cc(C(F)(F)C(F)(F)C(F)(F)C(F)(F)F)cs2)c1CCCC. The lowest BCUT2D eigenvalue weighted by Crippen LogP contribution is -2.59. The standard InChI is InChI=1S/C28H22F18S3/c1-3-5-7-15-16(8-6-4-2)20(18-10-14(12-48-18)22(31,32)24(35,36)26(39,40)28(44,45)46)49-19(15)17-9-13(11-47-17)21(29,30)23(33,34)25(37,38)27(41,42)43/h9-12H,3-8H2,1-2H3. The van der Waals surface area contributed by atoms with Crippen molar-refractivity contribution in [3.05, 3.63) is 45.1 Å². The fourth-order valence-electron chi connectivity index (χ4n) is 4.49. The van der Waals surface area contributed by atoms with Crippen LogP contribution in [-0.4, -0.2) is 36.0 Å². The second-order valence-corrected chi connectivity index (χ2v) is 13.6. The van der Waals surface area contributed by atoms with Crippen LogP contribution in [0, 0.1) is 0 Å². The van der Waals surface area contributed by atoms with Gasteiger partial charge in [0.05, 0.1) is 0 Å². The van der Waals surface area contributed by atoms with E-state index < -0.39 is 59.0 Å². The van der Waals surface area contributed by atoms with Gasteiger partial charge in [-0.05, 0) is 48.9 Å². The van der Waals surface area contributed by atoms with E-state index in [-0.39, 0.29) is 89.0 Å². The van der Waals surface area contributed by atoms with Gasteiger partial charge in [0, 0.05) is 41.4 Å². The Labute approximate surface area is 277 Å². The Morgan fingerprint density at radius 2 is 0.776 bits per heavy atom. The van der Waals surface area contributed by atoms with Gasteiger partial charge in [0.2, 0.25) is 0 Å². The van der Waals surface area contributed by atoms with Crippen LogP contribution in [0.3, 0.4) is 0 Å². The topological polar surface area (TPSA) is 0 Å². The molecule has 49 heavy (non-hydrogen) atoms. The molecule has 0 radical (unpaired) electrons. The van der Waals surface area contributed by atoms with E-state index in [0.29, 0.717) is 37.0 Å². The molecule has 0 aliphatic carbocycles. The lowest BCUT2D eigenvalue weighted by atomic mass is 9.95. The first-order chi connectivity index (χ1) is 22.1. The zero-order valence-corrected chi connectivity index (χ0v) is 27.0. The number of hydrogen-bond acceptors (Lipinski definition) is 3. The Morgan fingerprint density at radius 3 is 1.04 bits per heavy atom. The Kier molecular flexibility index (Phi) is 11.3.